The average Bonchev–Trinajstić information content (AvgIpc) is 2.65. The van der Waals surface area contributed by atoms with E-state index in [0.717, 1.165) is 24.3 Å². The standard InChI is InChI=1S/C20H12O8S2/c21-19-9-15(29(23,24)25)7-13-5-11(1-3-17(13)19)12-2-4-18-14(6-12)8-16(10-20(18)22)30(26,27)28/h1-4,7-10,21-22H,(H,23,24,25)(H,26,27,28). The van der Waals surface area contributed by atoms with E-state index in [4.69, 9.17) is 0 Å². The molecule has 0 atom stereocenters. The van der Waals surface area contributed by atoms with Gasteiger partial charge in [-0.05, 0) is 46.2 Å². The average molecular weight is 444 g/mol. The highest BCUT2D eigenvalue weighted by Gasteiger charge is 2.16. The molecule has 0 aliphatic rings. The van der Waals surface area contributed by atoms with Gasteiger partial charge in [0, 0.05) is 22.9 Å². The van der Waals surface area contributed by atoms with Crippen molar-refractivity contribution in [1.29, 1.82) is 0 Å². The molecule has 0 aromatic heterocycles. The molecule has 0 spiro atoms. The van der Waals surface area contributed by atoms with Crippen molar-refractivity contribution in [2.75, 3.05) is 0 Å². The first kappa shape index (κ1) is 20.1. The number of fused-ring (bicyclic) bond motifs is 2. The van der Waals surface area contributed by atoms with Gasteiger partial charge in [0.1, 0.15) is 11.5 Å². The molecule has 0 saturated carbocycles. The van der Waals surface area contributed by atoms with Crippen LogP contribution in [0.25, 0.3) is 32.7 Å². The number of hydrogen-bond donors (Lipinski definition) is 4. The van der Waals surface area contributed by atoms with Gasteiger partial charge in [0.25, 0.3) is 20.2 Å². The Labute approximate surface area is 171 Å². The highest BCUT2D eigenvalue weighted by Crippen LogP contribution is 2.34. The van der Waals surface area contributed by atoms with Crippen LogP contribution < -0.4 is 0 Å². The Morgan fingerprint density at radius 3 is 1.30 bits per heavy atom. The highest BCUT2D eigenvalue weighted by atomic mass is 32.2. The lowest BCUT2D eigenvalue weighted by molar-refractivity contribution is 0.470. The fraction of sp³-hybridized carbons (Fsp3) is 0. The molecule has 0 heterocycles. The summed E-state index contributed by atoms with van der Waals surface area (Å²) in [6.45, 7) is 0. The molecule has 152 valence electrons. The van der Waals surface area contributed by atoms with Gasteiger partial charge in [-0.25, -0.2) is 0 Å². The molecule has 8 nitrogen and oxygen atoms in total. The summed E-state index contributed by atoms with van der Waals surface area (Å²) in [4.78, 5) is -0.989. The normalized spacial score (nSPS) is 12.5. The van der Waals surface area contributed by atoms with Crippen molar-refractivity contribution < 1.29 is 36.2 Å². The molecule has 0 saturated heterocycles. The second kappa shape index (κ2) is 6.67. The Morgan fingerprint density at radius 2 is 0.967 bits per heavy atom. The fourth-order valence-electron chi connectivity index (χ4n) is 3.10. The largest absolute Gasteiger partial charge is 0.507 e. The predicted octanol–water partition coefficient (Wildman–Crippen LogP) is 3.16. The van der Waals surface area contributed by atoms with Crippen molar-refractivity contribution in [3.63, 3.8) is 0 Å². The molecule has 4 rings (SSSR count). The van der Waals surface area contributed by atoms with E-state index >= 15 is 0 Å². The summed E-state index contributed by atoms with van der Waals surface area (Å²) >= 11 is 0. The minimum Gasteiger partial charge on any atom is -0.507 e. The summed E-state index contributed by atoms with van der Waals surface area (Å²) in [7, 11) is -9.09. The second-order valence-electron chi connectivity index (χ2n) is 6.50. The number of rotatable bonds is 3. The van der Waals surface area contributed by atoms with Crippen molar-refractivity contribution >= 4 is 41.8 Å². The summed E-state index contributed by atoms with van der Waals surface area (Å²) in [5.74, 6) is -0.707. The Hall–Kier alpha value is -3.18. The maximum absolute atomic E-state index is 11.4. The molecular weight excluding hydrogens is 432 g/mol. The SMILES string of the molecule is O=S(=O)(O)c1cc(O)c2ccc(-c3[c]c4cc(S(=O)(=O)O)cc(O)c4cc3)[c]c2c1. The van der Waals surface area contributed by atoms with Crippen LogP contribution in [-0.2, 0) is 20.2 Å². The molecule has 10 heteroatoms. The van der Waals surface area contributed by atoms with Gasteiger partial charge < -0.3 is 10.2 Å². The van der Waals surface area contributed by atoms with Gasteiger partial charge in [-0.15, -0.1) is 0 Å². The van der Waals surface area contributed by atoms with E-state index in [1.165, 1.54) is 12.1 Å². The summed E-state index contributed by atoms with van der Waals surface area (Å²) in [5, 5.41) is 21.1. The van der Waals surface area contributed by atoms with Crippen molar-refractivity contribution in [2.45, 2.75) is 9.79 Å². The molecule has 0 aliphatic carbocycles. The fourth-order valence-corrected chi connectivity index (χ4v) is 4.16. The molecule has 0 aliphatic heterocycles. The first-order valence-electron chi connectivity index (χ1n) is 8.27. The van der Waals surface area contributed by atoms with Crippen LogP contribution in [0.2, 0.25) is 0 Å². The second-order valence-corrected chi connectivity index (χ2v) is 9.34. The van der Waals surface area contributed by atoms with E-state index in [1.54, 1.807) is 12.1 Å². The van der Waals surface area contributed by atoms with Crippen LogP contribution in [0.3, 0.4) is 0 Å². The molecule has 0 unspecified atom stereocenters. The Balaban J connectivity index is 1.93. The Morgan fingerprint density at radius 1 is 0.600 bits per heavy atom. The minimum absolute atomic E-state index is 0.211. The monoisotopic (exact) mass is 444 g/mol. The zero-order chi connectivity index (χ0) is 21.8. The summed E-state index contributed by atoms with van der Waals surface area (Å²) in [6.07, 6.45) is 0. The van der Waals surface area contributed by atoms with E-state index < -0.39 is 30.0 Å². The third-order valence-corrected chi connectivity index (χ3v) is 6.18. The highest BCUT2D eigenvalue weighted by molar-refractivity contribution is 7.86. The number of hydrogen-bond acceptors (Lipinski definition) is 6. The molecule has 4 aromatic rings. The molecule has 0 fully saturated rings. The van der Waals surface area contributed by atoms with Crippen LogP contribution in [0, 0.1) is 12.1 Å². The van der Waals surface area contributed by atoms with Gasteiger partial charge in [-0.3, -0.25) is 9.11 Å². The lowest BCUT2D eigenvalue weighted by Crippen LogP contribution is -1.98. The number of phenols is 2. The van der Waals surface area contributed by atoms with Crippen LogP contribution >= 0.6 is 0 Å². The first-order chi connectivity index (χ1) is 13.9. The van der Waals surface area contributed by atoms with Crippen LogP contribution in [0.1, 0.15) is 0 Å². The third kappa shape index (κ3) is 3.57. The predicted molar refractivity (Wildman–Crippen MR) is 108 cm³/mol. The smallest absolute Gasteiger partial charge is 0.294 e. The van der Waals surface area contributed by atoms with E-state index in [2.05, 4.69) is 12.1 Å². The van der Waals surface area contributed by atoms with Crippen molar-refractivity contribution in [3.05, 3.63) is 60.7 Å². The molecule has 4 N–H and O–H groups in total. The number of aromatic hydroxyl groups is 2. The number of phenolic OH excluding ortho intramolecular Hbond substituents is 2. The van der Waals surface area contributed by atoms with Gasteiger partial charge in [-0.2, -0.15) is 16.8 Å². The van der Waals surface area contributed by atoms with Gasteiger partial charge in [0.15, 0.2) is 0 Å². The lowest BCUT2D eigenvalue weighted by Gasteiger charge is -2.09. The van der Waals surface area contributed by atoms with Gasteiger partial charge >= 0.3 is 0 Å². The summed E-state index contributed by atoms with van der Waals surface area (Å²) in [5.41, 5.74) is 0.848. The van der Waals surface area contributed by atoms with Crippen LogP contribution in [0.5, 0.6) is 11.5 Å². The van der Waals surface area contributed by atoms with E-state index in [0.29, 0.717) is 21.9 Å². The van der Waals surface area contributed by atoms with E-state index in [1.807, 2.05) is 0 Å². The topological polar surface area (TPSA) is 149 Å². The van der Waals surface area contributed by atoms with Crippen molar-refractivity contribution in [1.82, 2.24) is 0 Å². The van der Waals surface area contributed by atoms with Gasteiger partial charge in [-0.1, -0.05) is 24.3 Å². The maximum atomic E-state index is 11.4. The van der Waals surface area contributed by atoms with Crippen LogP contribution in [-0.4, -0.2) is 36.2 Å². The first-order valence-corrected chi connectivity index (χ1v) is 11.1. The molecule has 4 aromatic carbocycles. The Kier molecular flexibility index (Phi) is 4.47. The van der Waals surface area contributed by atoms with Crippen molar-refractivity contribution in [2.24, 2.45) is 0 Å². The molecule has 0 bridgehead atoms. The summed E-state index contributed by atoms with van der Waals surface area (Å²) in [6, 6.07) is 16.2. The molecule has 2 radical (unpaired) electrons. The third-order valence-electron chi connectivity index (χ3n) is 4.52. The zero-order valence-corrected chi connectivity index (χ0v) is 16.5. The maximum Gasteiger partial charge on any atom is 0.294 e. The van der Waals surface area contributed by atoms with E-state index in [9.17, 15) is 36.2 Å². The number of benzene rings is 4. The minimum atomic E-state index is -4.54. The van der Waals surface area contributed by atoms with Crippen molar-refractivity contribution in [3.8, 4) is 22.6 Å². The van der Waals surface area contributed by atoms with Gasteiger partial charge in [0.05, 0.1) is 9.79 Å². The van der Waals surface area contributed by atoms with E-state index in [-0.39, 0.29) is 22.3 Å². The Bertz CT molecular complexity index is 1440. The quantitative estimate of drug-likeness (QED) is 0.352. The lowest BCUT2D eigenvalue weighted by atomic mass is 9.98. The van der Waals surface area contributed by atoms with Crippen LogP contribution in [0.15, 0.2) is 58.3 Å². The molecular formula is C20H12O8S2. The van der Waals surface area contributed by atoms with Crippen LogP contribution in [0.4, 0.5) is 0 Å². The zero-order valence-electron chi connectivity index (χ0n) is 14.9. The van der Waals surface area contributed by atoms with Gasteiger partial charge in [0.2, 0.25) is 0 Å². The summed E-state index contributed by atoms with van der Waals surface area (Å²) < 4.78 is 64.1. The molecule has 30 heavy (non-hydrogen) atoms. The molecule has 0 amide bonds.